The van der Waals surface area contributed by atoms with E-state index in [9.17, 15) is 9.59 Å². The average molecular weight is 321 g/mol. The van der Waals surface area contributed by atoms with Crippen molar-refractivity contribution >= 4 is 12.1 Å². The molecule has 126 valence electrons. The maximum atomic E-state index is 12.0. The molecule has 0 unspecified atom stereocenters. The van der Waals surface area contributed by atoms with Crippen LogP contribution in [0.1, 0.15) is 31.1 Å². The second-order valence-electron chi connectivity index (χ2n) is 6.53. The van der Waals surface area contributed by atoms with Crippen LogP contribution in [-0.2, 0) is 9.57 Å². The second-order valence-corrected chi connectivity index (χ2v) is 6.53. The molecule has 2 atom stereocenters. The van der Waals surface area contributed by atoms with Gasteiger partial charge in [0.1, 0.15) is 5.60 Å². The molecule has 23 heavy (non-hydrogen) atoms. The third kappa shape index (κ3) is 4.94. The van der Waals surface area contributed by atoms with Gasteiger partial charge in [0.05, 0.1) is 11.6 Å². The number of carbonyl (C=O) groups is 2. The van der Waals surface area contributed by atoms with E-state index in [1.54, 1.807) is 45.0 Å². The summed E-state index contributed by atoms with van der Waals surface area (Å²) < 4.78 is 5.31. The SMILES string of the molecule is CC(C)(C)OC(=O)N1C[C@@H](N)[C@H](NOC(=O)c2ccccc2)C1. The number of carbonyl (C=O) groups excluding carboxylic acids is 2. The third-order valence-corrected chi connectivity index (χ3v) is 3.33. The van der Waals surface area contributed by atoms with E-state index in [4.69, 9.17) is 15.3 Å². The van der Waals surface area contributed by atoms with Crippen LogP contribution in [0.15, 0.2) is 30.3 Å². The molecule has 1 heterocycles. The number of nitrogens with one attached hydrogen (secondary N) is 1. The Morgan fingerprint density at radius 2 is 1.87 bits per heavy atom. The maximum Gasteiger partial charge on any atom is 0.410 e. The Bertz CT molecular complexity index is 556. The molecule has 1 aromatic rings. The van der Waals surface area contributed by atoms with E-state index in [-0.39, 0.29) is 12.1 Å². The molecule has 3 N–H and O–H groups in total. The smallest absolute Gasteiger partial charge is 0.410 e. The van der Waals surface area contributed by atoms with Crippen LogP contribution in [0, 0.1) is 0 Å². The highest BCUT2D eigenvalue weighted by Crippen LogP contribution is 2.15. The zero-order valence-corrected chi connectivity index (χ0v) is 13.6. The Labute approximate surface area is 135 Å². The molecule has 0 radical (unpaired) electrons. The number of nitrogens with two attached hydrogens (primary N) is 1. The lowest BCUT2D eigenvalue weighted by molar-refractivity contribution is 0.0132. The number of hydrogen-bond acceptors (Lipinski definition) is 6. The molecule has 2 rings (SSSR count). The first-order valence-electron chi connectivity index (χ1n) is 7.51. The maximum absolute atomic E-state index is 12.0. The summed E-state index contributed by atoms with van der Waals surface area (Å²) in [6.45, 7) is 6.07. The van der Waals surface area contributed by atoms with Crippen molar-refractivity contribution in [2.24, 2.45) is 5.73 Å². The lowest BCUT2D eigenvalue weighted by atomic mass is 10.2. The van der Waals surface area contributed by atoms with Crippen LogP contribution in [-0.4, -0.2) is 47.7 Å². The molecule has 0 saturated carbocycles. The minimum Gasteiger partial charge on any atom is -0.444 e. The molecule has 7 heteroatoms. The molecule has 1 amide bonds. The monoisotopic (exact) mass is 321 g/mol. The van der Waals surface area contributed by atoms with Crippen molar-refractivity contribution in [2.45, 2.75) is 38.5 Å². The fourth-order valence-electron chi connectivity index (χ4n) is 2.19. The van der Waals surface area contributed by atoms with E-state index in [1.807, 2.05) is 6.07 Å². The Balaban J connectivity index is 1.85. The van der Waals surface area contributed by atoms with Gasteiger partial charge in [0.15, 0.2) is 0 Å². The zero-order chi connectivity index (χ0) is 17.0. The number of hydrogen-bond donors (Lipinski definition) is 2. The Morgan fingerprint density at radius 3 is 2.48 bits per heavy atom. The van der Waals surface area contributed by atoms with Gasteiger partial charge in [-0.2, -0.15) is 0 Å². The number of rotatable bonds is 3. The fourth-order valence-corrected chi connectivity index (χ4v) is 2.19. The van der Waals surface area contributed by atoms with Gasteiger partial charge in [-0.05, 0) is 32.9 Å². The van der Waals surface area contributed by atoms with Crippen LogP contribution >= 0.6 is 0 Å². The van der Waals surface area contributed by atoms with Gasteiger partial charge in [-0.15, -0.1) is 5.48 Å². The molecule has 1 saturated heterocycles. The van der Waals surface area contributed by atoms with Crippen LogP contribution < -0.4 is 11.2 Å². The van der Waals surface area contributed by atoms with E-state index in [0.29, 0.717) is 18.7 Å². The number of amides is 1. The summed E-state index contributed by atoms with van der Waals surface area (Å²) in [5, 5.41) is 0. The summed E-state index contributed by atoms with van der Waals surface area (Å²) in [6.07, 6.45) is -0.424. The van der Waals surface area contributed by atoms with Gasteiger partial charge in [0.2, 0.25) is 0 Å². The summed E-state index contributed by atoms with van der Waals surface area (Å²) in [6, 6.07) is 7.96. The highest BCUT2D eigenvalue weighted by Gasteiger charge is 2.36. The predicted molar refractivity (Wildman–Crippen MR) is 84.6 cm³/mol. The van der Waals surface area contributed by atoms with Crippen LogP contribution in [0.5, 0.6) is 0 Å². The van der Waals surface area contributed by atoms with Crippen LogP contribution in [0.25, 0.3) is 0 Å². The number of hydroxylamine groups is 1. The minimum atomic E-state index is -0.563. The van der Waals surface area contributed by atoms with E-state index < -0.39 is 17.7 Å². The summed E-state index contributed by atoms with van der Waals surface area (Å²) in [5.41, 5.74) is 8.52. The first-order valence-corrected chi connectivity index (χ1v) is 7.51. The lowest BCUT2D eigenvalue weighted by Crippen LogP contribution is -2.44. The molecule has 0 aliphatic carbocycles. The lowest BCUT2D eigenvalue weighted by Gasteiger charge is -2.24. The molecular weight excluding hydrogens is 298 g/mol. The summed E-state index contributed by atoms with van der Waals surface area (Å²) in [5.74, 6) is -0.492. The molecule has 0 aromatic heterocycles. The van der Waals surface area contributed by atoms with Crippen molar-refractivity contribution in [1.29, 1.82) is 0 Å². The first kappa shape index (κ1) is 17.2. The van der Waals surface area contributed by atoms with Gasteiger partial charge < -0.3 is 20.2 Å². The number of benzene rings is 1. The summed E-state index contributed by atoms with van der Waals surface area (Å²) in [7, 11) is 0. The zero-order valence-electron chi connectivity index (χ0n) is 13.6. The summed E-state index contributed by atoms with van der Waals surface area (Å²) >= 11 is 0. The number of ether oxygens (including phenoxy) is 1. The molecule has 7 nitrogen and oxygen atoms in total. The van der Waals surface area contributed by atoms with Gasteiger partial charge in [-0.25, -0.2) is 9.59 Å². The molecule has 1 fully saturated rings. The molecule has 0 spiro atoms. The molecular formula is C16H23N3O4. The third-order valence-electron chi connectivity index (χ3n) is 3.33. The molecule has 1 aromatic carbocycles. The van der Waals surface area contributed by atoms with Crippen molar-refractivity contribution in [1.82, 2.24) is 10.4 Å². The first-order chi connectivity index (χ1) is 10.8. The van der Waals surface area contributed by atoms with E-state index in [0.717, 1.165) is 0 Å². The van der Waals surface area contributed by atoms with Gasteiger partial charge >= 0.3 is 12.1 Å². The quantitative estimate of drug-likeness (QED) is 0.815. The highest BCUT2D eigenvalue weighted by atomic mass is 16.7. The second kappa shape index (κ2) is 6.97. The number of nitrogens with zero attached hydrogens (tertiary/aromatic N) is 1. The van der Waals surface area contributed by atoms with Crippen molar-refractivity contribution in [3.63, 3.8) is 0 Å². The Morgan fingerprint density at radius 1 is 1.22 bits per heavy atom. The van der Waals surface area contributed by atoms with Gasteiger partial charge in [-0.1, -0.05) is 18.2 Å². The summed E-state index contributed by atoms with van der Waals surface area (Å²) in [4.78, 5) is 30.5. The van der Waals surface area contributed by atoms with Crippen LogP contribution in [0.4, 0.5) is 4.79 Å². The topological polar surface area (TPSA) is 93.9 Å². The largest absolute Gasteiger partial charge is 0.444 e. The van der Waals surface area contributed by atoms with Crippen molar-refractivity contribution in [2.75, 3.05) is 13.1 Å². The predicted octanol–water partition coefficient (Wildman–Crippen LogP) is 1.29. The van der Waals surface area contributed by atoms with Crippen molar-refractivity contribution in [3.05, 3.63) is 35.9 Å². The Hall–Kier alpha value is -2.12. The Kier molecular flexibility index (Phi) is 5.23. The van der Waals surface area contributed by atoms with Crippen molar-refractivity contribution in [3.8, 4) is 0 Å². The van der Waals surface area contributed by atoms with Crippen molar-refractivity contribution < 1.29 is 19.2 Å². The van der Waals surface area contributed by atoms with Gasteiger partial charge in [0, 0.05) is 19.1 Å². The normalized spacial score (nSPS) is 21.1. The van der Waals surface area contributed by atoms with Gasteiger partial charge in [0.25, 0.3) is 0 Å². The fraction of sp³-hybridized carbons (Fsp3) is 0.500. The molecule has 1 aliphatic rings. The minimum absolute atomic E-state index is 0.318. The molecule has 0 bridgehead atoms. The molecule has 1 aliphatic heterocycles. The average Bonchev–Trinajstić information content (AvgIpc) is 2.85. The standard InChI is InChI=1S/C16H23N3O4/c1-16(2,3)22-15(21)19-9-12(17)13(10-19)18-23-14(20)11-7-5-4-6-8-11/h4-8,12-13,18H,9-10,17H2,1-3H3/t12-,13-/m1/s1. The van der Waals surface area contributed by atoms with E-state index in [1.165, 1.54) is 4.90 Å². The van der Waals surface area contributed by atoms with Crippen LogP contribution in [0.2, 0.25) is 0 Å². The highest BCUT2D eigenvalue weighted by molar-refractivity contribution is 5.89. The van der Waals surface area contributed by atoms with E-state index in [2.05, 4.69) is 5.48 Å². The van der Waals surface area contributed by atoms with Crippen LogP contribution in [0.3, 0.4) is 0 Å². The van der Waals surface area contributed by atoms with E-state index >= 15 is 0 Å². The number of likely N-dealkylation sites (tertiary alicyclic amines) is 1. The van der Waals surface area contributed by atoms with Gasteiger partial charge in [-0.3, -0.25) is 0 Å².